The predicted octanol–water partition coefficient (Wildman–Crippen LogP) is 3.70. The van der Waals surface area contributed by atoms with Crippen molar-refractivity contribution in [2.45, 2.75) is 38.6 Å². The number of hydrogen-bond acceptors (Lipinski definition) is 4. The average molecular weight is 382 g/mol. The molecule has 1 amide bonds. The fourth-order valence-electron chi connectivity index (χ4n) is 3.68. The summed E-state index contributed by atoms with van der Waals surface area (Å²) in [6, 6.07) is 10.4. The first-order valence-electron chi connectivity index (χ1n) is 9.65. The van der Waals surface area contributed by atoms with Gasteiger partial charge in [-0.2, -0.15) is 0 Å². The van der Waals surface area contributed by atoms with Crippen LogP contribution in [0.4, 0.5) is 15.8 Å². The topological polar surface area (TPSA) is 72.6 Å². The van der Waals surface area contributed by atoms with E-state index in [1.807, 2.05) is 0 Å². The van der Waals surface area contributed by atoms with E-state index in [-0.39, 0.29) is 36.8 Å². The van der Waals surface area contributed by atoms with Crippen molar-refractivity contribution in [3.8, 4) is 11.1 Å². The third-order valence-electron chi connectivity index (χ3n) is 5.35. The van der Waals surface area contributed by atoms with Gasteiger partial charge in [-0.3, -0.25) is 9.59 Å². The standard InChI is InChI=1S/C22H23FN2O3/c1-2-21(26)28-12-15-9-14-10-19(23)18(13-3-5-16(24)6-4-13)11-20(14)25(22(15)27)17-7-8-17/h3-6,10-11,15,17H,2,7-9,12,24H2,1H3. The highest BCUT2D eigenvalue weighted by molar-refractivity contribution is 6.00. The molecule has 0 bridgehead atoms. The summed E-state index contributed by atoms with van der Waals surface area (Å²) >= 11 is 0. The van der Waals surface area contributed by atoms with Crippen LogP contribution >= 0.6 is 0 Å². The van der Waals surface area contributed by atoms with Crippen molar-refractivity contribution in [1.82, 2.24) is 0 Å². The molecule has 28 heavy (non-hydrogen) atoms. The zero-order valence-electron chi connectivity index (χ0n) is 15.8. The molecular weight excluding hydrogens is 359 g/mol. The van der Waals surface area contributed by atoms with Crippen LogP contribution in [0.2, 0.25) is 0 Å². The van der Waals surface area contributed by atoms with Gasteiger partial charge < -0.3 is 15.4 Å². The van der Waals surface area contributed by atoms with Crippen molar-refractivity contribution in [2.75, 3.05) is 17.2 Å². The second-order valence-corrected chi connectivity index (χ2v) is 7.46. The molecule has 6 heteroatoms. The molecule has 4 rings (SSSR count). The monoisotopic (exact) mass is 382 g/mol. The summed E-state index contributed by atoms with van der Waals surface area (Å²) in [7, 11) is 0. The van der Waals surface area contributed by atoms with Crippen LogP contribution in [0.1, 0.15) is 31.7 Å². The van der Waals surface area contributed by atoms with Crippen LogP contribution in [0, 0.1) is 11.7 Å². The van der Waals surface area contributed by atoms with E-state index in [0.29, 0.717) is 17.7 Å². The molecule has 0 saturated heterocycles. The molecule has 1 atom stereocenters. The minimum Gasteiger partial charge on any atom is -0.465 e. The van der Waals surface area contributed by atoms with Gasteiger partial charge in [0.05, 0.1) is 5.92 Å². The number of nitrogens with zero attached hydrogens (tertiary/aromatic N) is 1. The maximum absolute atomic E-state index is 14.9. The number of esters is 1. The van der Waals surface area contributed by atoms with Gasteiger partial charge in [0.15, 0.2) is 0 Å². The van der Waals surface area contributed by atoms with Gasteiger partial charge in [-0.15, -0.1) is 0 Å². The zero-order valence-corrected chi connectivity index (χ0v) is 15.8. The van der Waals surface area contributed by atoms with Gasteiger partial charge in [-0.05, 0) is 54.7 Å². The second-order valence-electron chi connectivity index (χ2n) is 7.46. The summed E-state index contributed by atoms with van der Waals surface area (Å²) in [5.74, 6) is -1.18. The lowest BCUT2D eigenvalue weighted by molar-refractivity contribution is -0.145. The molecule has 0 spiro atoms. The average Bonchev–Trinajstić information content (AvgIpc) is 3.51. The number of halogens is 1. The molecule has 1 fully saturated rings. The van der Waals surface area contributed by atoms with E-state index >= 15 is 0 Å². The van der Waals surface area contributed by atoms with E-state index in [9.17, 15) is 14.0 Å². The Kier molecular flexibility index (Phi) is 4.79. The molecule has 2 N–H and O–H groups in total. The number of anilines is 2. The Morgan fingerprint density at radius 3 is 2.61 bits per heavy atom. The van der Waals surface area contributed by atoms with E-state index in [1.165, 1.54) is 6.07 Å². The highest BCUT2D eigenvalue weighted by Crippen LogP contribution is 2.42. The van der Waals surface area contributed by atoms with Gasteiger partial charge >= 0.3 is 5.97 Å². The van der Waals surface area contributed by atoms with E-state index in [4.69, 9.17) is 10.5 Å². The number of nitrogens with two attached hydrogens (primary N) is 1. The lowest BCUT2D eigenvalue weighted by Crippen LogP contribution is -2.44. The van der Waals surface area contributed by atoms with Crippen LogP contribution in [0.15, 0.2) is 36.4 Å². The first-order chi connectivity index (χ1) is 13.5. The van der Waals surface area contributed by atoms with Gasteiger partial charge in [-0.25, -0.2) is 4.39 Å². The summed E-state index contributed by atoms with van der Waals surface area (Å²) in [6.45, 7) is 1.75. The van der Waals surface area contributed by atoms with Crippen molar-refractivity contribution in [1.29, 1.82) is 0 Å². The number of hydrogen-bond donors (Lipinski definition) is 1. The fourth-order valence-corrected chi connectivity index (χ4v) is 3.68. The molecule has 1 unspecified atom stereocenters. The van der Waals surface area contributed by atoms with Crippen molar-refractivity contribution in [2.24, 2.45) is 5.92 Å². The molecule has 1 heterocycles. The number of rotatable bonds is 5. The quantitative estimate of drug-likeness (QED) is 0.632. The molecule has 2 aliphatic rings. The lowest BCUT2D eigenvalue weighted by atomic mass is 9.89. The molecule has 1 aliphatic heterocycles. The zero-order chi connectivity index (χ0) is 19.8. The molecule has 5 nitrogen and oxygen atoms in total. The van der Waals surface area contributed by atoms with Crippen LogP contribution in [-0.2, 0) is 20.7 Å². The first kappa shape index (κ1) is 18.5. The van der Waals surface area contributed by atoms with Gasteiger partial charge in [0, 0.05) is 29.4 Å². The number of carbonyl (C=O) groups is 2. The number of carbonyl (C=O) groups excluding carboxylic acids is 2. The SMILES string of the molecule is CCC(=O)OCC1Cc2cc(F)c(-c3ccc(N)cc3)cc2N(C2CC2)C1=O. The molecular formula is C22H23FN2O3. The molecule has 1 saturated carbocycles. The van der Waals surface area contributed by atoms with Crippen molar-refractivity contribution in [3.63, 3.8) is 0 Å². The Morgan fingerprint density at radius 2 is 1.96 bits per heavy atom. The predicted molar refractivity (Wildman–Crippen MR) is 105 cm³/mol. The van der Waals surface area contributed by atoms with E-state index in [0.717, 1.165) is 29.7 Å². The van der Waals surface area contributed by atoms with Crippen LogP contribution in [0.3, 0.4) is 0 Å². The summed E-state index contributed by atoms with van der Waals surface area (Å²) in [6.07, 6.45) is 2.50. The summed E-state index contributed by atoms with van der Waals surface area (Å²) in [5.41, 5.74) is 9.06. The Morgan fingerprint density at radius 1 is 1.25 bits per heavy atom. The van der Waals surface area contributed by atoms with E-state index in [2.05, 4.69) is 0 Å². The molecule has 2 aromatic carbocycles. The third kappa shape index (κ3) is 3.46. The highest BCUT2D eigenvalue weighted by Gasteiger charge is 2.42. The minimum atomic E-state index is -0.467. The summed E-state index contributed by atoms with van der Waals surface area (Å²) < 4.78 is 20.1. The van der Waals surface area contributed by atoms with Gasteiger partial charge in [0.2, 0.25) is 5.91 Å². The smallest absolute Gasteiger partial charge is 0.305 e. The normalized spacial score (nSPS) is 18.7. The molecule has 1 aliphatic carbocycles. The number of ether oxygens (including phenoxy) is 1. The Bertz CT molecular complexity index is 922. The third-order valence-corrected chi connectivity index (χ3v) is 5.35. The maximum atomic E-state index is 14.9. The van der Waals surface area contributed by atoms with Crippen molar-refractivity contribution in [3.05, 3.63) is 47.8 Å². The summed E-state index contributed by atoms with van der Waals surface area (Å²) in [4.78, 5) is 26.4. The van der Waals surface area contributed by atoms with Crippen LogP contribution < -0.4 is 10.6 Å². The number of fused-ring (bicyclic) bond motifs is 1. The van der Waals surface area contributed by atoms with Crippen LogP contribution in [0.5, 0.6) is 0 Å². The first-order valence-corrected chi connectivity index (χ1v) is 9.65. The highest BCUT2D eigenvalue weighted by atomic mass is 19.1. The van der Waals surface area contributed by atoms with Crippen LogP contribution in [0.25, 0.3) is 11.1 Å². The van der Waals surface area contributed by atoms with E-state index in [1.54, 1.807) is 42.2 Å². The fraction of sp³-hybridized carbons (Fsp3) is 0.364. The number of amides is 1. The second kappa shape index (κ2) is 7.26. The van der Waals surface area contributed by atoms with Gasteiger partial charge in [0.1, 0.15) is 12.4 Å². The van der Waals surface area contributed by atoms with Crippen molar-refractivity contribution < 1.29 is 18.7 Å². The van der Waals surface area contributed by atoms with Gasteiger partial charge in [0.25, 0.3) is 0 Å². The van der Waals surface area contributed by atoms with Crippen molar-refractivity contribution >= 4 is 23.3 Å². The lowest BCUT2D eigenvalue weighted by Gasteiger charge is -2.34. The molecule has 0 radical (unpaired) electrons. The Labute approximate surface area is 163 Å². The maximum Gasteiger partial charge on any atom is 0.305 e. The minimum absolute atomic E-state index is 0.0372. The molecule has 2 aromatic rings. The van der Waals surface area contributed by atoms with Crippen LogP contribution in [-0.4, -0.2) is 24.5 Å². The number of nitrogen functional groups attached to an aromatic ring is 1. The largest absolute Gasteiger partial charge is 0.465 e. The van der Waals surface area contributed by atoms with E-state index < -0.39 is 5.92 Å². The molecule has 146 valence electrons. The Hall–Kier alpha value is -2.89. The molecule has 0 aromatic heterocycles. The number of benzene rings is 2. The Balaban J connectivity index is 1.70. The summed E-state index contributed by atoms with van der Waals surface area (Å²) in [5, 5.41) is 0. The van der Waals surface area contributed by atoms with Gasteiger partial charge in [-0.1, -0.05) is 19.1 Å².